The molecule has 0 aliphatic heterocycles. The molecule has 0 aliphatic carbocycles. The standard InChI is InChI=1S/C15H19NO2/c1-10-5-6-14(17-4)13(9-10)15(16-3)12-7-8-18-11(12)2/h5-9,15-16H,1-4H3. The van der Waals surface area contributed by atoms with Gasteiger partial charge in [0.2, 0.25) is 0 Å². The minimum Gasteiger partial charge on any atom is -0.496 e. The lowest BCUT2D eigenvalue weighted by Gasteiger charge is -2.19. The molecule has 1 heterocycles. The Balaban J connectivity index is 2.51. The van der Waals surface area contributed by atoms with Gasteiger partial charge in [-0.05, 0) is 33.0 Å². The van der Waals surface area contributed by atoms with Crippen molar-refractivity contribution in [2.24, 2.45) is 0 Å². The fourth-order valence-electron chi connectivity index (χ4n) is 2.25. The van der Waals surface area contributed by atoms with Crippen molar-refractivity contribution < 1.29 is 9.15 Å². The first-order chi connectivity index (χ1) is 8.67. The molecule has 0 saturated carbocycles. The first-order valence-corrected chi connectivity index (χ1v) is 6.03. The number of hydrogen-bond donors (Lipinski definition) is 1. The highest BCUT2D eigenvalue weighted by Gasteiger charge is 2.19. The predicted octanol–water partition coefficient (Wildman–Crippen LogP) is 3.21. The van der Waals surface area contributed by atoms with Gasteiger partial charge in [-0.15, -0.1) is 0 Å². The average Bonchev–Trinajstić information content (AvgIpc) is 2.77. The Bertz CT molecular complexity index is 531. The molecule has 3 heteroatoms. The van der Waals surface area contributed by atoms with E-state index in [1.807, 2.05) is 26.1 Å². The topological polar surface area (TPSA) is 34.4 Å². The molecule has 0 aliphatic rings. The second kappa shape index (κ2) is 5.27. The summed E-state index contributed by atoms with van der Waals surface area (Å²) in [6, 6.07) is 8.28. The molecule has 1 aromatic heterocycles. The molecular formula is C15H19NO2. The Morgan fingerprint density at radius 3 is 2.50 bits per heavy atom. The van der Waals surface area contributed by atoms with Crippen molar-refractivity contribution in [1.82, 2.24) is 5.32 Å². The first-order valence-electron chi connectivity index (χ1n) is 6.03. The maximum atomic E-state index is 5.45. The van der Waals surface area contributed by atoms with E-state index < -0.39 is 0 Å². The highest BCUT2D eigenvalue weighted by molar-refractivity contribution is 5.44. The molecule has 1 N–H and O–H groups in total. The van der Waals surface area contributed by atoms with Gasteiger partial charge in [-0.25, -0.2) is 0 Å². The summed E-state index contributed by atoms with van der Waals surface area (Å²) < 4.78 is 10.8. The number of ether oxygens (including phenoxy) is 1. The first kappa shape index (κ1) is 12.7. The number of hydrogen-bond acceptors (Lipinski definition) is 3. The highest BCUT2D eigenvalue weighted by atomic mass is 16.5. The molecule has 0 radical (unpaired) electrons. The van der Waals surface area contributed by atoms with Crippen LogP contribution in [-0.4, -0.2) is 14.2 Å². The van der Waals surface area contributed by atoms with Gasteiger partial charge in [-0.1, -0.05) is 17.7 Å². The van der Waals surface area contributed by atoms with Crippen LogP contribution in [0.4, 0.5) is 0 Å². The largest absolute Gasteiger partial charge is 0.496 e. The maximum Gasteiger partial charge on any atom is 0.124 e. The number of rotatable bonds is 4. The van der Waals surface area contributed by atoms with E-state index in [9.17, 15) is 0 Å². The monoisotopic (exact) mass is 245 g/mol. The van der Waals surface area contributed by atoms with E-state index in [2.05, 4.69) is 24.4 Å². The summed E-state index contributed by atoms with van der Waals surface area (Å²) in [6.45, 7) is 4.06. The lowest BCUT2D eigenvalue weighted by atomic mass is 9.97. The maximum absolute atomic E-state index is 5.45. The highest BCUT2D eigenvalue weighted by Crippen LogP contribution is 2.32. The summed E-state index contributed by atoms with van der Waals surface area (Å²) in [5, 5.41) is 3.32. The van der Waals surface area contributed by atoms with E-state index in [4.69, 9.17) is 9.15 Å². The molecule has 1 atom stereocenters. The molecule has 2 aromatic rings. The average molecular weight is 245 g/mol. The zero-order valence-electron chi connectivity index (χ0n) is 11.3. The fraction of sp³-hybridized carbons (Fsp3) is 0.333. The van der Waals surface area contributed by atoms with E-state index in [-0.39, 0.29) is 6.04 Å². The van der Waals surface area contributed by atoms with Crippen LogP contribution in [0.2, 0.25) is 0 Å². The third-order valence-corrected chi connectivity index (χ3v) is 3.19. The van der Waals surface area contributed by atoms with Gasteiger partial charge in [0.05, 0.1) is 19.4 Å². The molecule has 0 fully saturated rings. The number of nitrogens with one attached hydrogen (secondary N) is 1. The summed E-state index contributed by atoms with van der Waals surface area (Å²) >= 11 is 0. The van der Waals surface area contributed by atoms with Crippen LogP contribution in [0.3, 0.4) is 0 Å². The molecule has 0 spiro atoms. The quantitative estimate of drug-likeness (QED) is 0.898. The van der Waals surface area contributed by atoms with Gasteiger partial charge in [-0.3, -0.25) is 0 Å². The van der Waals surface area contributed by atoms with Crippen molar-refractivity contribution in [1.29, 1.82) is 0 Å². The summed E-state index contributed by atoms with van der Waals surface area (Å²) in [4.78, 5) is 0. The second-order valence-corrected chi connectivity index (χ2v) is 4.40. The van der Waals surface area contributed by atoms with Crippen LogP contribution >= 0.6 is 0 Å². The molecular weight excluding hydrogens is 226 g/mol. The van der Waals surface area contributed by atoms with Gasteiger partial charge in [0.1, 0.15) is 11.5 Å². The number of furan rings is 1. The van der Waals surface area contributed by atoms with Gasteiger partial charge < -0.3 is 14.5 Å². The summed E-state index contributed by atoms with van der Waals surface area (Å²) in [5.41, 5.74) is 3.48. The Morgan fingerprint density at radius 2 is 1.94 bits per heavy atom. The summed E-state index contributed by atoms with van der Waals surface area (Å²) in [7, 11) is 3.64. The molecule has 96 valence electrons. The van der Waals surface area contributed by atoms with Crippen molar-refractivity contribution in [2.75, 3.05) is 14.2 Å². The van der Waals surface area contributed by atoms with E-state index in [1.54, 1.807) is 13.4 Å². The van der Waals surface area contributed by atoms with E-state index in [1.165, 1.54) is 5.56 Å². The van der Waals surface area contributed by atoms with Crippen molar-refractivity contribution in [3.63, 3.8) is 0 Å². The van der Waals surface area contributed by atoms with Crippen LogP contribution in [0.15, 0.2) is 34.9 Å². The van der Waals surface area contributed by atoms with Gasteiger partial charge in [0, 0.05) is 11.1 Å². The number of methoxy groups -OCH3 is 1. The second-order valence-electron chi connectivity index (χ2n) is 4.40. The molecule has 0 bridgehead atoms. The molecule has 2 rings (SSSR count). The van der Waals surface area contributed by atoms with Crippen molar-refractivity contribution in [3.8, 4) is 5.75 Å². The van der Waals surface area contributed by atoms with E-state index >= 15 is 0 Å². The summed E-state index contributed by atoms with van der Waals surface area (Å²) in [5.74, 6) is 1.82. The molecule has 1 unspecified atom stereocenters. The SMILES string of the molecule is CNC(c1cc(C)ccc1OC)c1ccoc1C. The van der Waals surface area contributed by atoms with Gasteiger partial charge in [0.15, 0.2) is 0 Å². The van der Waals surface area contributed by atoms with Gasteiger partial charge >= 0.3 is 0 Å². The minimum absolute atomic E-state index is 0.0820. The van der Waals surface area contributed by atoms with Crippen LogP contribution in [0, 0.1) is 13.8 Å². The molecule has 18 heavy (non-hydrogen) atoms. The Labute approximate surface area is 108 Å². The normalized spacial score (nSPS) is 12.4. The van der Waals surface area contributed by atoms with Crippen LogP contribution in [-0.2, 0) is 0 Å². The van der Waals surface area contributed by atoms with E-state index in [0.717, 1.165) is 22.6 Å². The van der Waals surface area contributed by atoms with Crippen molar-refractivity contribution in [2.45, 2.75) is 19.9 Å². The fourth-order valence-corrected chi connectivity index (χ4v) is 2.25. The number of aryl methyl sites for hydroxylation is 2. The zero-order valence-corrected chi connectivity index (χ0v) is 11.3. The smallest absolute Gasteiger partial charge is 0.124 e. The van der Waals surface area contributed by atoms with Crippen molar-refractivity contribution >= 4 is 0 Å². The van der Waals surface area contributed by atoms with Crippen molar-refractivity contribution in [3.05, 3.63) is 53.0 Å². The molecule has 0 amide bonds. The lowest BCUT2D eigenvalue weighted by Crippen LogP contribution is -2.18. The zero-order chi connectivity index (χ0) is 13.1. The summed E-state index contributed by atoms with van der Waals surface area (Å²) in [6.07, 6.45) is 1.72. The molecule has 3 nitrogen and oxygen atoms in total. The lowest BCUT2D eigenvalue weighted by molar-refractivity contribution is 0.405. The van der Waals surface area contributed by atoms with Crippen LogP contribution in [0.5, 0.6) is 5.75 Å². The van der Waals surface area contributed by atoms with E-state index in [0.29, 0.717) is 0 Å². The van der Waals surface area contributed by atoms with Crippen LogP contribution < -0.4 is 10.1 Å². The molecule has 0 saturated heterocycles. The minimum atomic E-state index is 0.0820. The Hall–Kier alpha value is -1.74. The Kier molecular flexibility index (Phi) is 3.72. The third-order valence-electron chi connectivity index (χ3n) is 3.19. The van der Waals surface area contributed by atoms with Crippen LogP contribution in [0.1, 0.15) is 28.5 Å². The van der Waals surface area contributed by atoms with Crippen LogP contribution in [0.25, 0.3) is 0 Å². The predicted molar refractivity (Wildman–Crippen MR) is 72.1 cm³/mol. The van der Waals surface area contributed by atoms with Gasteiger partial charge in [0.25, 0.3) is 0 Å². The Morgan fingerprint density at radius 1 is 1.17 bits per heavy atom. The molecule has 1 aromatic carbocycles. The third kappa shape index (κ3) is 2.27. The van der Waals surface area contributed by atoms with Gasteiger partial charge in [-0.2, -0.15) is 0 Å². The number of benzene rings is 1.